The van der Waals surface area contributed by atoms with Crippen LogP contribution >= 0.6 is 0 Å². The van der Waals surface area contributed by atoms with Crippen LogP contribution in [0.1, 0.15) is 10.5 Å². The number of hydrogen-bond acceptors (Lipinski definition) is 6. The highest BCUT2D eigenvalue weighted by Gasteiger charge is 2.21. The molecule has 1 amide bonds. The molecule has 1 aliphatic heterocycles. The Labute approximate surface area is 174 Å². The number of carbonyl (C=O) groups excluding carboxylic acids is 1. The number of nitrogens with two attached hydrogens (primary N) is 1. The second-order valence-corrected chi connectivity index (χ2v) is 7.52. The molecule has 2 aromatic carbocycles. The van der Waals surface area contributed by atoms with E-state index in [1.54, 1.807) is 24.3 Å². The van der Waals surface area contributed by atoms with E-state index >= 15 is 0 Å². The quantitative estimate of drug-likeness (QED) is 0.623. The first-order valence-electron chi connectivity index (χ1n) is 10.0. The zero-order valence-electron chi connectivity index (χ0n) is 16.6. The van der Waals surface area contributed by atoms with Crippen LogP contribution in [0.25, 0.3) is 10.8 Å². The van der Waals surface area contributed by atoms with E-state index in [1.807, 2.05) is 18.2 Å². The maximum Gasteiger partial charge on any atom is 0.274 e. The number of hydrogen-bond donors (Lipinski definition) is 2. The minimum Gasteiger partial charge on any atom is -0.390 e. The second-order valence-electron chi connectivity index (χ2n) is 7.52. The van der Waals surface area contributed by atoms with Crippen molar-refractivity contribution in [3.63, 3.8) is 0 Å². The minimum absolute atomic E-state index is 0.00282. The molecule has 8 heteroatoms. The fraction of sp³-hybridized carbons (Fsp3) is 0.318. The zero-order chi connectivity index (χ0) is 21.1. The van der Waals surface area contributed by atoms with Crippen molar-refractivity contribution in [1.29, 1.82) is 0 Å². The number of piperazine rings is 1. The average Bonchev–Trinajstić information content (AvgIpc) is 2.76. The number of β-amino-alcohol motifs (C(OH)–C–C–N with tert-alkyl or cyclic N) is 1. The molecule has 0 saturated carbocycles. The summed E-state index contributed by atoms with van der Waals surface area (Å²) in [6.07, 6.45) is -0.791. The molecule has 4 rings (SSSR count). The van der Waals surface area contributed by atoms with Gasteiger partial charge in [-0.2, -0.15) is 5.10 Å². The molecule has 0 unspecified atom stereocenters. The number of aliphatic hydroxyl groups excluding tert-OH is 1. The molecule has 1 aliphatic rings. The number of benzene rings is 2. The Hall–Kier alpha value is -3.23. The third-order valence-corrected chi connectivity index (χ3v) is 5.45. The lowest BCUT2D eigenvalue weighted by Gasteiger charge is -2.36. The van der Waals surface area contributed by atoms with Gasteiger partial charge < -0.3 is 15.7 Å². The molecule has 1 aromatic heterocycles. The van der Waals surface area contributed by atoms with Gasteiger partial charge in [0.15, 0.2) is 5.69 Å². The number of aromatic nitrogens is 2. The molecule has 30 heavy (non-hydrogen) atoms. The topological polar surface area (TPSA) is 105 Å². The number of para-hydroxylation sites is 1. The lowest BCUT2D eigenvalue weighted by molar-refractivity contribution is 0.0896. The highest BCUT2D eigenvalue weighted by Crippen LogP contribution is 2.16. The van der Waals surface area contributed by atoms with Gasteiger partial charge in [0.1, 0.15) is 0 Å². The maximum atomic E-state index is 12.7. The highest BCUT2D eigenvalue weighted by molar-refractivity contribution is 6.03. The predicted molar refractivity (Wildman–Crippen MR) is 116 cm³/mol. The molecule has 8 nitrogen and oxygen atoms in total. The number of carbonyl (C=O) groups is 1. The van der Waals surface area contributed by atoms with Crippen LogP contribution in [0.5, 0.6) is 0 Å². The molecular weight excluding hydrogens is 382 g/mol. The van der Waals surface area contributed by atoms with Crippen LogP contribution in [-0.2, 0) is 6.54 Å². The standard InChI is InChI=1S/C22H25N5O3/c23-21(29)20-18-8-4-5-9-19(18)22(30)27(24-20)15-17(28)14-25-10-12-26(13-11-25)16-6-2-1-3-7-16/h1-9,17,28H,10-15H2,(H2,23,29)/t17-/m1/s1. The van der Waals surface area contributed by atoms with E-state index in [1.165, 1.54) is 5.69 Å². The Kier molecular flexibility index (Phi) is 5.78. The zero-order valence-corrected chi connectivity index (χ0v) is 16.6. The van der Waals surface area contributed by atoms with Crippen molar-refractivity contribution >= 4 is 22.4 Å². The van der Waals surface area contributed by atoms with Gasteiger partial charge in [-0.15, -0.1) is 0 Å². The molecule has 0 aliphatic carbocycles. The fourth-order valence-electron chi connectivity index (χ4n) is 3.92. The van der Waals surface area contributed by atoms with Crippen molar-refractivity contribution in [2.45, 2.75) is 12.6 Å². The molecule has 1 fully saturated rings. The Balaban J connectivity index is 1.43. The number of anilines is 1. The summed E-state index contributed by atoms with van der Waals surface area (Å²) in [7, 11) is 0. The van der Waals surface area contributed by atoms with Crippen LogP contribution in [0.15, 0.2) is 59.4 Å². The van der Waals surface area contributed by atoms with Gasteiger partial charge in [0, 0.05) is 43.8 Å². The Morgan fingerprint density at radius 2 is 1.60 bits per heavy atom. The van der Waals surface area contributed by atoms with Gasteiger partial charge in [0.05, 0.1) is 18.0 Å². The molecule has 3 N–H and O–H groups in total. The smallest absolute Gasteiger partial charge is 0.274 e. The van der Waals surface area contributed by atoms with Gasteiger partial charge in [0.2, 0.25) is 0 Å². The van der Waals surface area contributed by atoms with E-state index in [9.17, 15) is 14.7 Å². The van der Waals surface area contributed by atoms with Crippen LogP contribution in [0.2, 0.25) is 0 Å². The largest absolute Gasteiger partial charge is 0.390 e. The minimum atomic E-state index is -0.791. The first kappa shape index (κ1) is 20.1. The van der Waals surface area contributed by atoms with Crippen molar-refractivity contribution in [1.82, 2.24) is 14.7 Å². The fourth-order valence-corrected chi connectivity index (χ4v) is 3.92. The Bertz CT molecular complexity index is 1090. The average molecular weight is 407 g/mol. The van der Waals surface area contributed by atoms with Gasteiger partial charge >= 0.3 is 0 Å². The molecule has 3 aromatic rings. The van der Waals surface area contributed by atoms with Gasteiger partial charge in [-0.05, 0) is 18.2 Å². The number of nitrogens with zero attached hydrogens (tertiary/aromatic N) is 4. The summed E-state index contributed by atoms with van der Waals surface area (Å²) in [5, 5.41) is 15.5. The first-order valence-corrected chi connectivity index (χ1v) is 10.0. The third kappa shape index (κ3) is 4.19. The predicted octanol–water partition coefficient (Wildman–Crippen LogP) is 0.679. The van der Waals surface area contributed by atoms with Crippen LogP contribution in [0.3, 0.4) is 0 Å². The normalized spacial score (nSPS) is 16.0. The number of rotatable bonds is 6. The van der Waals surface area contributed by atoms with Gasteiger partial charge in [-0.3, -0.25) is 14.5 Å². The first-order chi connectivity index (χ1) is 14.5. The van der Waals surface area contributed by atoms with Crippen LogP contribution in [-0.4, -0.2) is 64.5 Å². The molecule has 0 bridgehead atoms. The summed E-state index contributed by atoms with van der Waals surface area (Å²) in [5.41, 5.74) is 6.34. The summed E-state index contributed by atoms with van der Waals surface area (Å²) in [5.74, 6) is -0.702. The summed E-state index contributed by atoms with van der Waals surface area (Å²) in [6.45, 7) is 3.81. The lowest BCUT2D eigenvalue weighted by atomic mass is 10.1. The molecule has 0 spiro atoms. The SMILES string of the molecule is NC(=O)c1nn(C[C@H](O)CN2CCN(c3ccccc3)CC2)c(=O)c2ccccc12. The third-order valence-electron chi connectivity index (χ3n) is 5.45. The summed E-state index contributed by atoms with van der Waals surface area (Å²) in [6, 6.07) is 17.0. The Morgan fingerprint density at radius 3 is 2.27 bits per heavy atom. The van der Waals surface area contributed by atoms with Gasteiger partial charge in [-0.1, -0.05) is 36.4 Å². The molecule has 156 valence electrons. The molecule has 1 atom stereocenters. The number of amides is 1. The highest BCUT2D eigenvalue weighted by atomic mass is 16.3. The molecular formula is C22H25N5O3. The van der Waals surface area contributed by atoms with E-state index in [2.05, 4.69) is 27.0 Å². The van der Waals surface area contributed by atoms with Gasteiger partial charge in [0.25, 0.3) is 11.5 Å². The lowest BCUT2D eigenvalue weighted by Crippen LogP contribution is -2.49. The summed E-state index contributed by atoms with van der Waals surface area (Å²) >= 11 is 0. The number of primary amides is 1. The van der Waals surface area contributed by atoms with Crippen molar-refractivity contribution in [2.24, 2.45) is 5.73 Å². The molecule has 2 heterocycles. The van der Waals surface area contributed by atoms with Crippen molar-refractivity contribution in [3.8, 4) is 0 Å². The van der Waals surface area contributed by atoms with Gasteiger partial charge in [-0.25, -0.2) is 4.68 Å². The van der Waals surface area contributed by atoms with E-state index in [4.69, 9.17) is 5.73 Å². The van der Waals surface area contributed by atoms with Crippen LogP contribution in [0, 0.1) is 0 Å². The summed E-state index contributed by atoms with van der Waals surface area (Å²) in [4.78, 5) is 29.0. The van der Waals surface area contributed by atoms with Crippen LogP contribution in [0.4, 0.5) is 5.69 Å². The van der Waals surface area contributed by atoms with E-state index < -0.39 is 12.0 Å². The van der Waals surface area contributed by atoms with E-state index in [0.717, 1.165) is 30.9 Å². The van der Waals surface area contributed by atoms with E-state index in [-0.39, 0.29) is 17.8 Å². The molecule has 0 radical (unpaired) electrons. The summed E-state index contributed by atoms with van der Waals surface area (Å²) < 4.78 is 1.15. The number of fused-ring (bicyclic) bond motifs is 1. The number of aliphatic hydroxyl groups is 1. The molecule has 1 saturated heterocycles. The van der Waals surface area contributed by atoms with Crippen molar-refractivity contribution < 1.29 is 9.90 Å². The second kappa shape index (κ2) is 8.64. The van der Waals surface area contributed by atoms with E-state index in [0.29, 0.717) is 17.3 Å². The maximum absolute atomic E-state index is 12.7. The van der Waals surface area contributed by atoms with Crippen molar-refractivity contribution in [2.75, 3.05) is 37.6 Å². The van der Waals surface area contributed by atoms with Crippen LogP contribution < -0.4 is 16.2 Å². The Morgan fingerprint density at radius 1 is 0.967 bits per heavy atom. The monoisotopic (exact) mass is 407 g/mol. The van der Waals surface area contributed by atoms with Crippen molar-refractivity contribution in [3.05, 3.63) is 70.6 Å².